The fourth-order valence-electron chi connectivity index (χ4n) is 4.64. The third kappa shape index (κ3) is 3.81. The molecule has 8 heteroatoms. The number of hydrogen-bond donors (Lipinski definition) is 0. The number of carbonyl (C=O) groups is 3. The Kier molecular flexibility index (Phi) is 5.96. The summed E-state index contributed by atoms with van der Waals surface area (Å²) >= 11 is 0. The molecule has 0 bridgehead atoms. The minimum Gasteiger partial charge on any atom is -0.492 e. The number of nitrogens with zero attached hydrogens (tertiary/aromatic N) is 2. The number of amides is 2. The molecule has 2 saturated heterocycles. The Labute approximate surface area is 202 Å². The average Bonchev–Trinajstić information content (AvgIpc) is 3.40. The van der Waals surface area contributed by atoms with Gasteiger partial charge in [-0.2, -0.15) is 0 Å². The summed E-state index contributed by atoms with van der Waals surface area (Å²) in [6.07, 6.45) is -0.998. The van der Waals surface area contributed by atoms with Crippen LogP contribution in [-0.2, 0) is 19.2 Å². The van der Waals surface area contributed by atoms with Crippen LogP contribution in [0.4, 0.5) is 11.4 Å². The molecule has 5 rings (SSSR count). The molecule has 0 aromatic heterocycles. The molecular formula is C27H24N2O6. The predicted molar refractivity (Wildman–Crippen MR) is 128 cm³/mol. The third-order valence-corrected chi connectivity index (χ3v) is 6.21. The molecule has 0 saturated carbocycles. The Hall–Kier alpha value is -4.17. The summed E-state index contributed by atoms with van der Waals surface area (Å²) in [5.74, 6) is -1.60. The lowest BCUT2D eigenvalue weighted by Crippen LogP contribution is -2.37. The zero-order valence-electron chi connectivity index (χ0n) is 19.3. The Morgan fingerprint density at radius 2 is 1.60 bits per heavy atom. The average molecular weight is 472 g/mol. The number of ether oxygens (including phenoxy) is 2. The highest BCUT2D eigenvalue weighted by molar-refractivity contribution is 6.24. The maximum Gasteiger partial charge on any atom is 0.337 e. The molecule has 2 aliphatic heterocycles. The first-order valence-electron chi connectivity index (χ1n) is 11.3. The molecule has 35 heavy (non-hydrogen) atoms. The molecule has 178 valence electrons. The van der Waals surface area contributed by atoms with Crippen molar-refractivity contribution in [3.63, 3.8) is 0 Å². The maximum absolute atomic E-state index is 13.8. The lowest BCUT2D eigenvalue weighted by molar-refractivity contribution is -0.126. The summed E-state index contributed by atoms with van der Waals surface area (Å²) in [5, 5.41) is 1.62. The fourth-order valence-corrected chi connectivity index (χ4v) is 4.64. The summed E-state index contributed by atoms with van der Waals surface area (Å²) in [5.41, 5.74) is 2.23. The SMILES string of the molecule is CCOc1ccccc1N1C(=O)[C@H]2[C@H](ON(c3ccccc3)[C@H]2c2ccc(C(=O)OC)cc2)C1=O. The number of imide groups is 1. The number of methoxy groups -OCH3 is 1. The van der Waals surface area contributed by atoms with Gasteiger partial charge in [0.25, 0.3) is 5.91 Å². The van der Waals surface area contributed by atoms with Crippen molar-refractivity contribution in [3.8, 4) is 5.75 Å². The number of hydroxylamine groups is 1. The van der Waals surface area contributed by atoms with Crippen molar-refractivity contribution >= 4 is 29.2 Å². The van der Waals surface area contributed by atoms with Crippen LogP contribution in [0.3, 0.4) is 0 Å². The molecule has 0 unspecified atom stereocenters. The predicted octanol–water partition coefficient (Wildman–Crippen LogP) is 3.92. The molecular weight excluding hydrogens is 448 g/mol. The van der Waals surface area contributed by atoms with Gasteiger partial charge >= 0.3 is 5.97 Å². The van der Waals surface area contributed by atoms with E-state index in [0.717, 1.165) is 5.56 Å². The van der Waals surface area contributed by atoms with Gasteiger partial charge in [-0.25, -0.2) is 14.8 Å². The molecule has 2 fully saturated rings. The van der Waals surface area contributed by atoms with E-state index < -0.39 is 29.9 Å². The van der Waals surface area contributed by atoms with Gasteiger partial charge in [0, 0.05) is 0 Å². The molecule has 3 atom stereocenters. The largest absolute Gasteiger partial charge is 0.492 e. The third-order valence-electron chi connectivity index (χ3n) is 6.21. The van der Waals surface area contributed by atoms with Gasteiger partial charge in [-0.15, -0.1) is 0 Å². The molecule has 0 spiro atoms. The van der Waals surface area contributed by atoms with Gasteiger partial charge in [0.1, 0.15) is 11.7 Å². The van der Waals surface area contributed by atoms with Gasteiger partial charge in [-0.3, -0.25) is 14.4 Å². The molecule has 2 aliphatic rings. The normalized spacial score (nSPS) is 21.3. The maximum atomic E-state index is 13.8. The van der Waals surface area contributed by atoms with Crippen molar-refractivity contribution in [1.82, 2.24) is 0 Å². The Morgan fingerprint density at radius 3 is 2.29 bits per heavy atom. The second-order valence-electron chi connectivity index (χ2n) is 8.18. The monoisotopic (exact) mass is 472 g/mol. The van der Waals surface area contributed by atoms with Crippen LogP contribution in [0.25, 0.3) is 0 Å². The number of esters is 1. The highest BCUT2D eigenvalue weighted by Crippen LogP contribution is 2.48. The van der Waals surface area contributed by atoms with Crippen molar-refractivity contribution in [3.05, 3.63) is 90.0 Å². The van der Waals surface area contributed by atoms with Gasteiger partial charge in [0.05, 0.1) is 36.7 Å². The lowest BCUT2D eigenvalue weighted by atomic mass is 9.90. The number of para-hydroxylation sites is 3. The molecule has 0 N–H and O–H groups in total. The van der Waals surface area contributed by atoms with Crippen LogP contribution in [-0.4, -0.2) is 37.6 Å². The molecule has 3 aromatic rings. The quantitative estimate of drug-likeness (QED) is 0.397. The minimum absolute atomic E-state index is 0.368. The second kappa shape index (κ2) is 9.23. The van der Waals surface area contributed by atoms with Gasteiger partial charge < -0.3 is 9.47 Å². The number of hydrogen-bond acceptors (Lipinski definition) is 7. The number of rotatable bonds is 6. The molecule has 0 radical (unpaired) electrons. The van der Waals surface area contributed by atoms with Crippen LogP contribution in [0.5, 0.6) is 5.75 Å². The molecule has 8 nitrogen and oxygen atoms in total. The lowest BCUT2D eigenvalue weighted by Gasteiger charge is -2.29. The summed E-state index contributed by atoms with van der Waals surface area (Å²) in [6, 6.07) is 22.5. The summed E-state index contributed by atoms with van der Waals surface area (Å²) in [4.78, 5) is 46.6. The van der Waals surface area contributed by atoms with E-state index in [9.17, 15) is 14.4 Å². The molecule has 3 aromatic carbocycles. The number of carbonyl (C=O) groups excluding carboxylic acids is 3. The van der Waals surface area contributed by atoms with Crippen LogP contribution in [0.2, 0.25) is 0 Å². The number of anilines is 2. The van der Waals surface area contributed by atoms with Crippen LogP contribution in [0, 0.1) is 5.92 Å². The van der Waals surface area contributed by atoms with Crippen LogP contribution >= 0.6 is 0 Å². The minimum atomic E-state index is -0.998. The topological polar surface area (TPSA) is 85.4 Å². The smallest absolute Gasteiger partial charge is 0.337 e. The Morgan fingerprint density at radius 1 is 0.914 bits per heavy atom. The highest BCUT2D eigenvalue weighted by atomic mass is 16.7. The van der Waals surface area contributed by atoms with E-state index >= 15 is 0 Å². The summed E-state index contributed by atoms with van der Waals surface area (Å²) in [6.45, 7) is 2.24. The van der Waals surface area contributed by atoms with E-state index in [4.69, 9.17) is 14.3 Å². The van der Waals surface area contributed by atoms with Crippen molar-refractivity contribution in [2.45, 2.75) is 19.1 Å². The van der Waals surface area contributed by atoms with Crippen molar-refractivity contribution < 1.29 is 28.7 Å². The van der Waals surface area contributed by atoms with Crippen LogP contribution < -0.4 is 14.7 Å². The van der Waals surface area contributed by atoms with Gasteiger partial charge in [-0.05, 0) is 48.9 Å². The first kappa shape index (κ1) is 22.6. The first-order valence-corrected chi connectivity index (χ1v) is 11.3. The standard InChI is InChI=1S/C27H24N2O6/c1-3-34-21-12-8-7-11-20(21)28-25(30)22-23(17-13-15-18(16-14-17)27(32)33-2)29(35-24(22)26(28)31)19-9-5-4-6-10-19/h4-16,22-24H,3H2,1-2H3/t22-,23+,24+/m1/s1. The summed E-state index contributed by atoms with van der Waals surface area (Å²) in [7, 11) is 1.32. The number of fused-ring (bicyclic) bond motifs is 1. The summed E-state index contributed by atoms with van der Waals surface area (Å²) < 4.78 is 10.5. The van der Waals surface area contributed by atoms with E-state index in [1.807, 2.05) is 37.3 Å². The van der Waals surface area contributed by atoms with Gasteiger partial charge in [0.15, 0.2) is 6.10 Å². The van der Waals surface area contributed by atoms with Crippen molar-refractivity contribution in [1.29, 1.82) is 0 Å². The van der Waals surface area contributed by atoms with E-state index in [1.165, 1.54) is 12.0 Å². The van der Waals surface area contributed by atoms with E-state index in [0.29, 0.717) is 29.3 Å². The fraction of sp³-hybridized carbons (Fsp3) is 0.222. The van der Waals surface area contributed by atoms with Crippen LogP contribution in [0.1, 0.15) is 28.9 Å². The van der Waals surface area contributed by atoms with Crippen LogP contribution in [0.15, 0.2) is 78.9 Å². The zero-order chi connectivity index (χ0) is 24.5. The Bertz CT molecular complexity index is 1260. The molecule has 2 amide bonds. The molecule has 0 aliphatic carbocycles. The van der Waals surface area contributed by atoms with Gasteiger partial charge in [-0.1, -0.05) is 42.5 Å². The second-order valence-corrected chi connectivity index (χ2v) is 8.18. The number of benzene rings is 3. The van der Waals surface area contributed by atoms with E-state index in [-0.39, 0.29) is 5.91 Å². The zero-order valence-corrected chi connectivity index (χ0v) is 19.3. The molecule has 2 heterocycles. The van der Waals surface area contributed by atoms with Crippen molar-refractivity contribution in [2.75, 3.05) is 23.7 Å². The Balaban J connectivity index is 1.56. The van der Waals surface area contributed by atoms with Gasteiger partial charge in [0.2, 0.25) is 5.91 Å². The van der Waals surface area contributed by atoms with E-state index in [1.54, 1.807) is 53.6 Å². The van der Waals surface area contributed by atoms with E-state index in [2.05, 4.69) is 0 Å². The first-order chi connectivity index (χ1) is 17.0. The highest BCUT2D eigenvalue weighted by Gasteiger charge is 2.60. The van der Waals surface area contributed by atoms with Crippen molar-refractivity contribution in [2.24, 2.45) is 5.92 Å².